The molecule has 3 nitrogen and oxygen atoms in total. The zero-order chi connectivity index (χ0) is 8.43. The quantitative estimate of drug-likeness (QED) is 0.595. The Morgan fingerprint density at radius 1 is 1.73 bits per heavy atom. The van der Waals surface area contributed by atoms with Gasteiger partial charge in [0.1, 0.15) is 0 Å². The van der Waals surface area contributed by atoms with Crippen molar-refractivity contribution in [1.82, 2.24) is 4.90 Å². The summed E-state index contributed by atoms with van der Waals surface area (Å²) in [6.07, 6.45) is 2.25. The third-order valence-electron chi connectivity index (χ3n) is 2.23. The third-order valence-corrected chi connectivity index (χ3v) is 2.23. The van der Waals surface area contributed by atoms with Crippen LogP contribution < -0.4 is 5.73 Å². The Hall–Kier alpha value is -0.570. The van der Waals surface area contributed by atoms with Crippen LogP contribution in [0.25, 0.3) is 0 Å². The molecular formula is C8H16N2O. The maximum absolute atomic E-state index is 11.4. The van der Waals surface area contributed by atoms with E-state index in [2.05, 4.69) is 6.92 Å². The predicted molar refractivity (Wildman–Crippen MR) is 44.1 cm³/mol. The average molecular weight is 156 g/mol. The molecule has 2 atom stereocenters. The highest BCUT2D eigenvalue weighted by atomic mass is 16.2. The molecule has 64 valence electrons. The number of rotatable bonds is 1. The van der Waals surface area contributed by atoms with Gasteiger partial charge in [-0.15, -0.1) is 0 Å². The van der Waals surface area contributed by atoms with Gasteiger partial charge in [0.15, 0.2) is 0 Å². The summed E-state index contributed by atoms with van der Waals surface area (Å²) in [4.78, 5) is 13.2. The van der Waals surface area contributed by atoms with E-state index in [1.54, 1.807) is 6.92 Å². The maximum Gasteiger partial charge on any atom is 0.239 e. The highest BCUT2D eigenvalue weighted by Gasteiger charge is 2.26. The molecule has 0 aromatic carbocycles. The normalized spacial score (nSPS) is 27.2. The molecule has 1 rings (SSSR count). The second-order valence-electron chi connectivity index (χ2n) is 3.31. The van der Waals surface area contributed by atoms with E-state index in [4.69, 9.17) is 5.73 Å². The molecule has 11 heavy (non-hydrogen) atoms. The van der Waals surface area contributed by atoms with Gasteiger partial charge in [0.25, 0.3) is 0 Å². The zero-order valence-electron chi connectivity index (χ0n) is 7.21. The van der Waals surface area contributed by atoms with Crippen molar-refractivity contribution in [2.45, 2.75) is 38.8 Å². The number of nitrogens with zero attached hydrogens (tertiary/aromatic N) is 1. The molecule has 3 heteroatoms. The Morgan fingerprint density at radius 3 is 2.73 bits per heavy atom. The molecule has 0 unspecified atom stereocenters. The van der Waals surface area contributed by atoms with Crippen molar-refractivity contribution in [3.8, 4) is 0 Å². The molecule has 0 spiro atoms. The van der Waals surface area contributed by atoms with Crippen molar-refractivity contribution < 1.29 is 4.79 Å². The van der Waals surface area contributed by atoms with Gasteiger partial charge in [-0.1, -0.05) is 0 Å². The van der Waals surface area contributed by atoms with Crippen molar-refractivity contribution in [2.75, 3.05) is 6.54 Å². The third kappa shape index (κ3) is 1.71. The molecule has 1 heterocycles. The largest absolute Gasteiger partial charge is 0.339 e. The number of carbonyl (C=O) groups excluding carboxylic acids is 1. The molecule has 1 aliphatic heterocycles. The van der Waals surface area contributed by atoms with Crippen LogP contribution >= 0.6 is 0 Å². The van der Waals surface area contributed by atoms with Gasteiger partial charge >= 0.3 is 0 Å². The number of carbonyl (C=O) groups is 1. The molecule has 2 N–H and O–H groups in total. The summed E-state index contributed by atoms with van der Waals surface area (Å²) in [5.41, 5.74) is 5.49. The molecule has 0 aromatic heterocycles. The van der Waals surface area contributed by atoms with Crippen molar-refractivity contribution >= 4 is 5.91 Å². The molecule has 1 amide bonds. The molecule has 0 aromatic rings. The second-order valence-corrected chi connectivity index (χ2v) is 3.31. The van der Waals surface area contributed by atoms with E-state index in [0.29, 0.717) is 6.04 Å². The van der Waals surface area contributed by atoms with Gasteiger partial charge in [-0.25, -0.2) is 0 Å². The predicted octanol–water partition coefficient (Wildman–Crippen LogP) is 0.345. The molecule has 0 saturated carbocycles. The van der Waals surface area contributed by atoms with Crippen molar-refractivity contribution in [2.24, 2.45) is 5.73 Å². The fourth-order valence-electron chi connectivity index (χ4n) is 1.52. The summed E-state index contributed by atoms with van der Waals surface area (Å²) < 4.78 is 0. The maximum atomic E-state index is 11.4. The number of nitrogens with two attached hydrogens (primary N) is 1. The van der Waals surface area contributed by atoms with Gasteiger partial charge < -0.3 is 10.6 Å². The number of hydrogen-bond donors (Lipinski definition) is 1. The lowest BCUT2D eigenvalue weighted by Gasteiger charge is -2.23. The fourth-order valence-corrected chi connectivity index (χ4v) is 1.52. The van der Waals surface area contributed by atoms with Crippen LogP contribution in [0, 0.1) is 0 Å². The van der Waals surface area contributed by atoms with Crippen LogP contribution in [0.3, 0.4) is 0 Å². The van der Waals surface area contributed by atoms with Crippen LogP contribution in [-0.4, -0.2) is 29.4 Å². The fraction of sp³-hybridized carbons (Fsp3) is 0.875. The molecule has 0 radical (unpaired) electrons. The molecule has 0 bridgehead atoms. The van der Waals surface area contributed by atoms with E-state index in [9.17, 15) is 4.79 Å². The molecule has 1 fully saturated rings. The minimum Gasteiger partial charge on any atom is -0.339 e. The van der Waals surface area contributed by atoms with Crippen molar-refractivity contribution in [1.29, 1.82) is 0 Å². The van der Waals surface area contributed by atoms with Crippen molar-refractivity contribution in [3.05, 3.63) is 0 Å². The smallest absolute Gasteiger partial charge is 0.239 e. The number of hydrogen-bond acceptors (Lipinski definition) is 2. The van der Waals surface area contributed by atoms with Crippen LogP contribution in [-0.2, 0) is 4.79 Å². The van der Waals surface area contributed by atoms with Crippen molar-refractivity contribution in [3.63, 3.8) is 0 Å². The van der Waals surface area contributed by atoms with Crippen LogP contribution in [0.15, 0.2) is 0 Å². The first kappa shape index (κ1) is 8.53. The lowest BCUT2D eigenvalue weighted by atomic mass is 10.2. The van der Waals surface area contributed by atoms with E-state index in [0.717, 1.165) is 19.4 Å². The molecular weight excluding hydrogens is 140 g/mol. The van der Waals surface area contributed by atoms with Gasteiger partial charge in [-0.2, -0.15) is 0 Å². The Bertz CT molecular complexity index is 156. The van der Waals surface area contributed by atoms with Crippen LogP contribution in [0.5, 0.6) is 0 Å². The Labute approximate surface area is 67.5 Å². The first-order chi connectivity index (χ1) is 5.13. The second kappa shape index (κ2) is 3.22. The van der Waals surface area contributed by atoms with E-state index in [1.165, 1.54) is 0 Å². The summed E-state index contributed by atoms with van der Waals surface area (Å²) in [6, 6.07) is 0.0593. The summed E-state index contributed by atoms with van der Waals surface area (Å²) in [6.45, 7) is 4.71. The van der Waals surface area contributed by atoms with Gasteiger partial charge in [0, 0.05) is 12.6 Å². The van der Waals surface area contributed by atoms with E-state index < -0.39 is 0 Å². The summed E-state index contributed by atoms with van der Waals surface area (Å²) in [5.74, 6) is 0.0926. The summed E-state index contributed by atoms with van der Waals surface area (Å²) in [5, 5.41) is 0. The first-order valence-corrected chi connectivity index (χ1v) is 4.19. The minimum atomic E-state index is -0.337. The van der Waals surface area contributed by atoms with Crippen LogP contribution in [0.1, 0.15) is 26.7 Å². The highest BCUT2D eigenvalue weighted by molar-refractivity contribution is 5.81. The van der Waals surface area contributed by atoms with Gasteiger partial charge in [-0.05, 0) is 26.7 Å². The first-order valence-electron chi connectivity index (χ1n) is 4.19. The summed E-state index contributed by atoms with van der Waals surface area (Å²) >= 11 is 0. The monoisotopic (exact) mass is 156 g/mol. The highest BCUT2D eigenvalue weighted by Crippen LogP contribution is 2.16. The van der Waals surface area contributed by atoms with Gasteiger partial charge in [0.2, 0.25) is 5.91 Å². The molecule has 1 saturated heterocycles. The van der Waals surface area contributed by atoms with Crippen LogP contribution in [0.4, 0.5) is 0 Å². The van der Waals surface area contributed by atoms with E-state index in [-0.39, 0.29) is 11.9 Å². The SMILES string of the molecule is C[C@@H](N)C(=O)N1CCC[C@@H]1C. The van der Waals surface area contributed by atoms with E-state index in [1.807, 2.05) is 4.90 Å². The molecule has 0 aliphatic carbocycles. The Balaban J connectivity index is 2.53. The lowest BCUT2D eigenvalue weighted by Crippen LogP contribution is -2.43. The van der Waals surface area contributed by atoms with Crippen LogP contribution in [0.2, 0.25) is 0 Å². The average Bonchev–Trinajstić information content (AvgIpc) is 2.33. The standard InChI is InChI=1S/C8H16N2O/c1-6-4-3-5-10(6)8(11)7(2)9/h6-7H,3-5,9H2,1-2H3/t6-,7+/m0/s1. The Morgan fingerprint density at radius 2 is 2.36 bits per heavy atom. The van der Waals surface area contributed by atoms with E-state index >= 15 is 0 Å². The zero-order valence-corrected chi connectivity index (χ0v) is 7.21. The number of amides is 1. The Kier molecular flexibility index (Phi) is 2.49. The summed E-state index contributed by atoms with van der Waals surface area (Å²) in [7, 11) is 0. The van der Waals surface area contributed by atoms with Gasteiger partial charge in [0.05, 0.1) is 6.04 Å². The number of likely N-dealkylation sites (tertiary alicyclic amines) is 1. The topological polar surface area (TPSA) is 46.3 Å². The van der Waals surface area contributed by atoms with Gasteiger partial charge in [-0.3, -0.25) is 4.79 Å². The lowest BCUT2D eigenvalue weighted by molar-refractivity contribution is -0.132. The molecule has 1 aliphatic rings. The minimum absolute atomic E-state index is 0.0926.